The molecule has 0 radical (unpaired) electrons. The molecule has 1 aromatic heterocycles. The first kappa shape index (κ1) is 10.4. The molecule has 1 saturated carbocycles. The van der Waals surface area contributed by atoms with Crippen LogP contribution in [0.4, 0.5) is 5.82 Å². The maximum atomic E-state index is 5.86. The highest BCUT2D eigenvalue weighted by Crippen LogP contribution is 2.20. The normalized spacial score (nSPS) is 26.3. The quantitative estimate of drug-likeness (QED) is 0.769. The summed E-state index contributed by atoms with van der Waals surface area (Å²) in [6.45, 7) is 1.98. The standard InChI is InChI=1S/C11H18N4/c1-8-6-11(14-7-13-8)15-10-4-2-9(12)3-5-10/h6-7,9-10H,2-5,12H2,1H3,(H,13,14,15)/t9-,10+. The van der Waals surface area contributed by atoms with Gasteiger partial charge in [0.15, 0.2) is 0 Å². The molecule has 0 aromatic carbocycles. The van der Waals surface area contributed by atoms with Crippen LogP contribution in [0.25, 0.3) is 0 Å². The second-order valence-electron chi connectivity index (χ2n) is 4.30. The minimum atomic E-state index is 0.398. The molecule has 1 aliphatic carbocycles. The molecule has 1 aliphatic rings. The summed E-state index contributed by atoms with van der Waals surface area (Å²) in [7, 11) is 0. The lowest BCUT2D eigenvalue weighted by Gasteiger charge is -2.27. The van der Waals surface area contributed by atoms with Crippen molar-refractivity contribution in [3.8, 4) is 0 Å². The molecule has 2 rings (SSSR count). The summed E-state index contributed by atoms with van der Waals surface area (Å²) in [6, 6.07) is 2.91. The van der Waals surface area contributed by atoms with Crippen LogP contribution in [-0.2, 0) is 0 Å². The largest absolute Gasteiger partial charge is 0.367 e. The Kier molecular flexibility index (Phi) is 3.16. The average molecular weight is 206 g/mol. The van der Waals surface area contributed by atoms with Crippen molar-refractivity contribution in [1.82, 2.24) is 9.97 Å². The van der Waals surface area contributed by atoms with Gasteiger partial charge < -0.3 is 11.1 Å². The Morgan fingerprint density at radius 3 is 2.67 bits per heavy atom. The number of nitrogens with two attached hydrogens (primary N) is 1. The van der Waals surface area contributed by atoms with E-state index in [0.29, 0.717) is 12.1 Å². The third-order valence-corrected chi connectivity index (χ3v) is 2.93. The average Bonchev–Trinajstić information content (AvgIpc) is 2.22. The minimum Gasteiger partial charge on any atom is -0.367 e. The molecule has 4 heteroatoms. The summed E-state index contributed by atoms with van der Waals surface area (Å²) in [5.41, 5.74) is 6.86. The Morgan fingerprint density at radius 2 is 2.00 bits per heavy atom. The van der Waals surface area contributed by atoms with Gasteiger partial charge in [-0.2, -0.15) is 0 Å². The number of hydrogen-bond donors (Lipinski definition) is 2. The van der Waals surface area contributed by atoms with Gasteiger partial charge in [0.1, 0.15) is 12.1 Å². The summed E-state index contributed by atoms with van der Waals surface area (Å²) >= 11 is 0. The van der Waals surface area contributed by atoms with Crippen LogP contribution in [-0.4, -0.2) is 22.1 Å². The number of hydrogen-bond acceptors (Lipinski definition) is 4. The van der Waals surface area contributed by atoms with Crippen molar-refractivity contribution in [3.05, 3.63) is 18.1 Å². The molecule has 0 amide bonds. The molecule has 0 atom stereocenters. The molecule has 0 bridgehead atoms. The first-order chi connectivity index (χ1) is 7.24. The van der Waals surface area contributed by atoms with E-state index >= 15 is 0 Å². The van der Waals surface area contributed by atoms with E-state index in [-0.39, 0.29) is 0 Å². The predicted octanol–water partition coefficient (Wildman–Crippen LogP) is 1.47. The van der Waals surface area contributed by atoms with Crippen LogP contribution in [0.3, 0.4) is 0 Å². The number of rotatable bonds is 2. The lowest BCUT2D eigenvalue weighted by Crippen LogP contribution is -2.33. The van der Waals surface area contributed by atoms with Gasteiger partial charge in [-0.3, -0.25) is 0 Å². The summed E-state index contributed by atoms with van der Waals surface area (Å²) in [6.07, 6.45) is 6.12. The zero-order valence-electron chi connectivity index (χ0n) is 9.11. The van der Waals surface area contributed by atoms with Crippen LogP contribution in [0.1, 0.15) is 31.4 Å². The van der Waals surface area contributed by atoms with E-state index in [1.54, 1.807) is 6.33 Å². The molecule has 0 spiro atoms. The molecular formula is C11H18N4. The Bertz CT molecular complexity index is 318. The van der Waals surface area contributed by atoms with Crippen molar-refractivity contribution in [2.45, 2.75) is 44.7 Å². The molecule has 1 aromatic rings. The Labute approximate surface area is 90.3 Å². The molecule has 0 unspecified atom stereocenters. The van der Waals surface area contributed by atoms with Gasteiger partial charge in [0.05, 0.1) is 0 Å². The van der Waals surface area contributed by atoms with Gasteiger partial charge in [0.2, 0.25) is 0 Å². The second kappa shape index (κ2) is 4.57. The van der Waals surface area contributed by atoms with E-state index in [4.69, 9.17) is 5.73 Å². The predicted molar refractivity (Wildman–Crippen MR) is 60.6 cm³/mol. The Morgan fingerprint density at radius 1 is 1.27 bits per heavy atom. The van der Waals surface area contributed by atoms with E-state index < -0.39 is 0 Å². The van der Waals surface area contributed by atoms with Crippen molar-refractivity contribution in [2.24, 2.45) is 5.73 Å². The van der Waals surface area contributed by atoms with Gasteiger partial charge in [-0.1, -0.05) is 0 Å². The van der Waals surface area contributed by atoms with E-state index in [9.17, 15) is 0 Å². The van der Waals surface area contributed by atoms with E-state index in [0.717, 1.165) is 37.2 Å². The van der Waals surface area contributed by atoms with Crippen LogP contribution in [0.2, 0.25) is 0 Å². The lowest BCUT2D eigenvalue weighted by atomic mass is 9.92. The van der Waals surface area contributed by atoms with E-state index in [1.165, 1.54) is 0 Å². The Hall–Kier alpha value is -1.16. The van der Waals surface area contributed by atoms with Gasteiger partial charge in [0.25, 0.3) is 0 Å². The fraction of sp³-hybridized carbons (Fsp3) is 0.636. The highest BCUT2D eigenvalue weighted by Gasteiger charge is 2.18. The lowest BCUT2D eigenvalue weighted by molar-refractivity contribution is 0.410. The van der Waals surface area contributed by atoms with Crippen LogP contribution < -0.4 is 11.1 Å². The topological polar surface area (TPSA) is 63.8 Å². The molecule has 1 heterocycles. The van der Waals surface area contributed by atoms with Crippen molar-refractivity contribution >= 4 is 5.82 Å². The Balaban J connectivity index is 1.92. The number of aromatic nitrogens is 2. The molecule has 82 valence electrons. The number of aryl methyl sites for hydroxylation is 1. The number of nitrogens with one attached hydrogen (secondary N) is 1. The van der Waals surface area contributed by atoms with Gasteiger partial charge in [-0.15, -0.1) is 0 Å². The molecular weight excluding hydrogens is 188 g/mol. The van der Waals surface area contributed by atoms with Crippen molar-refractivity contribution < 1.29 is 0 Å². The molecule has 1 fully saturated rings. The summed E-state index contributed by atoms with van der Waals surface area (Å²) in [4.78, 5) is 8.27. The van der Waals surface area contributed by atoms with Crippen LogP contribution in [0.15, 0.2) is 12.4 Å². The second-order valence-corrected chi connectivity index (χ2v) is 4.30. The summed E-state index contributed by atoms with van der Waals surface area (Å²) < 4.78 is 0. The third kappa shape index (κ3) is 2.89. The highest BCUT2D eigenvalue weighted by atomic mass is 15.0. The minimum absolute atomic E-state index is 0.398. The number of anilines is 1. The van der Waals surface area contributed by atoms with Crippen LogP contribution >= 0.6 is 0 Å². The fourth-order valence-corrected chi connectivity index (χ4v) is 2.01. The van der Waals surface area contributed by atoms with Gasteiger partial charge in [-0.25, -0.2) is 9.97 Å². The zero-order chi connectivity index (χ0) is 10.7. The summed E-state index contributed by atoms with van der Waals surface area (Å²) in [5.74, 6) is 0.933. The monoisotopic (exact) mass is 206 g/mol. The maximum Gasteiger partial charge on any atom is 0.129 e. The van der Waals surface area contributed by atoms with Crippen LogP contribution in [0, 0.1) is 6.92 Å². The van der Waals surface area contributed by atoms with E-state index in [2.05, 4.69) is 15.3 Å². The van der Waals surface area contributed by atoms with Crippen molar-refractivity contribution in [3.63, 3.8) is 0 Å². The summed E-state index contributed by atoms with van der Waals surface area (Å²) in [5, 5.41) is 3.44. The van der Waals surface area contributed by atoms with Crippen molar-refractivity contribution in [2.75, 3.05) is 5.32 Å². The first-order valence-electron chi connectivity index (χ1n) is 5.55. The van der Waals surface area contributed by atoms with Crippen LogP contribution in [0.5, 0.6) is 0 Å². The zero-order valence-corrected chi connectivity index (χ0v) is 9.11. The highest BCUT2D eigenvalue weighted by molar-refractivity contribution is 5.35. The van der Waals surface area contributed by atoms with E-state index in [1.807, 2.05) is 13.0 Å². The fourth-order valence-electron chi connectivity index (χ4n) is 2.01. The molecule has 0 saturated heterocycles. The molecule has 3 N–H and O–H groups in total. The molecule has 0 aliphatic heterocycles. The maximum absolute atomic E-state index is 5.86. The van der Waals surface area contributed by atoms with Crippen molar-refractivity contribution in [1.29, 1.82) is 0 Å². The number of nitrogens with zero attached hydrogens (tertiary/aromatic N) is 2. The molecule has 15 heavy (non-hydrogen) atoms. The van der Waals surface area contributed by atoms with Gasteiger partial charge >= 0.3 is 0 Å². The third-order valence-electron chi connectivity index (χ3n) is 2.93. The molecule has 4 nitrogen and oxygen atoms in total. The first-order valence-corrected chi connectivity index (χ1v) is 5.55. The SMILES string of the molecule is Cc1cc(N[C@H]2CC[C@@H](N)CC2)ncn1. The smallest absolute Gasteiger partial charge is 0.129 e. The van der Waals surface area contributed by atoms with Gasteiger partial charge in [0, 0.05) is 23.8 Å². The van der Waals surface area contributed by atoms with Gasteiger partial charge in [-0.05, 0) is 32.6 Å².